The van der Waals surface area contributed by atoms with Crippen LogP contribution >= 0.6 is 0 Å². The summed E-state index contributed by atoms with van der Waals surface area (Å²) in [5.41, 5.74) is 0.0693. The Morgan fingerprint density at radius 2 is 2.14 bits per heavy atom. The van der Waals surface area contributed by atoms with Gasteiger partial charge in [0.15, 0.2) is 0 Å². The fraction of sp³-hybridized carbons (Fsp3) is 0.333. The molecule has 2 nitrogen and oxygen atoms in total. The predicted octanol–water partition coefficient (Wildman–Crippen LogP) is 1.15. The molecule has 74 valence electrons. The Morgan fingerprint density at radius 3 is 2.86 bits per heavy atom. The molecule has 1 aromatic heterocycles. The average molecular weight is 189 g/mol. The number of methoxy groups -OCH3 is 1. The summed E-state index contributed by atoms with van der Waals surface area (Å²) in [7, 11) is 1.70. The van der Waals surface area contributed by atoms with Gasteiger partial charge in [0.05, 0.1) is 7.11 Å². The lowest BCUT2D eigenvalue weighted by molar-refractivity contribution is 0.369. The molecule has 1 aromatic rings. The molecule has 1 aliphatic rings. The van der Waals surface area contributed by atoms with Crippen molar-refractivity contribution in [2.75, 3.05) is 7.11 Å². The van der Waals surface area contributed by atoms with Gasteiger partial charge in [-0.1, -0.05) is 26.0 Å². The molecular weight excluding hydrogens is 174 g/mol. The summed E-state index contributed by atoms with van der Waals surface area (Å²) < 4.78 is 5.34. The van der Waals surface area contributed by atoms with Crippen LogP contribution in [0.3, 0.4) is 0 Å². The number of aromatic nitrogens is 1. The molecule has 2 rings (SSSR count). The number of hydrogen-bond acceptors (Lipinski definition) is 1. The second-order valence-corrected chi connectivity index (χ2v) is 4.17. The van der Waals surface area contributed by atoms with E-state index in [1.807, 2.05) is 18.3 Å². The van der Waals surface area contributed by atoms with Crippen molar-refractivity contribution in [1.29, 1.82) is 0 Å². The van der Waals surface area contributed by atoms with Crippen LogP contribution in [0.4, 0.5) is 0 Å². The molecule has 0 aliphatic heterocycles. The SMILES string of the molecule is COC1=c2cc[nH]c2=CC(C)(C)C=C1. The highest BCUT2D eigenvalue weighted by molar-refractivity contribution is 5.54. The van der Waals surface area contributed by atoms with E-state index in [4.69, 9.17) is 4.74 Å². The second kappa shape index (κ2) is 3.05. The number of nitrogens with one attached hydrogen (secondary N) is 1. The highest BCUT2D eigenvalue weighted by atomic mass is 16.5. The highest BCUT2D eigenvalue weighted by Crippen LogP contribution is 2.20. The topological polar surface area (TPSA) is 25.0 Å². The number of aromatic amines is 1. The van der Waals surface area contributed by atoms with E-state index in [-0.39, 0.29) is 5.41 Å². The van der Waals surface area contributed by atoms with Crippen LogP contribution in [-0.4, -0.2) is 12.1 Å². The fourth-order valence-electron chi connectivity index (χ4n) is 1.69. The van der Waals surface area contributed by atoms with Crippen LogP contribution < -0.4 is 10.6 Å². The summed E-state index contributed by atoms with van der Waals surface area (Å²) in [6.45, 7) is 4.35. The average Bonchev–Trinajstić information content (AvgIpc) is 2.49. The van der Waals surface area contributed by atoms with Crippen LogP contribution in [0.5, 0.6) is 0 Å². The van der Waals surface area contributed by atoms with E-state index in [9.17, 15) is 0 Å². The van der Waals surface area contributed by atoms with Crippen molar-refractivity contribution in [1.82, 2.24) is 4.98 Å². The van der Waals surface area contributed by atoms with E-state index in [1.54, 1.807) is 7.11 Å². The lowest BCUT2D eigenvalue weighted by Crippen LogP contribution is -2.26. The first-order valence-electron chi connectivity index (χ1n) is 4.76. The molecule has 0 atom stereocenters. The summed E-state index contributed by atoms with van der Waals surface area (Å²) in [5, 5.41) is 2.27. The van der Waals surface area contributed by atoms with Gasteiger partial charge in [0.25, 0.3) is 0 Å². The first-order chi connectivity index (χ1) is 6.62. The molecule has 1 N–H and O–H groups in total. The van der Waals surface area contributed by atoms with Crippen molar-refractivity contribution in [3.05, 3.63) is 35.0 Å². The standard InChI is InChI=1S/C12H15NO/c1-12(2)6-4-11(14-3)9-5-7-13-10(9)8-12/h4-8,13H,1-3H3. The van der Waals surface area contributed by atoms with Gasteiger partial charge in [-0.05, 0) is 12.1 Å². The molecule has 14 heavy (non-hydrogen) atoms. The molecule has 0 aromatic carbocycles. The number of hydrogen-bond donors (Lipinski definition) is 1. The van der Waals surface area contributed by atoms with Crippen molar-refractivity contribution < 1.29 is 4.74 Å². The minimum atomic E-state index is 0.0693. The number of fused-ring (bicyclic) bond motifs is 1. The minimum absolute atomic E-state index is 0.0693. The zero-order valence-corrected chi connectivity index (χ0v) is 8.79. The molecule has 0 bridgehead atoms. The van der Waals surface area contributed by atoms with E-state index in [0.717, 1.165) is 16.3 Å². The summed E-state index contributed by atoms with van der Waals surface area (Å²) in [5.74, 6) is 0.920. The van der Waals surface area contributed by atoms with Gasteiger partial charge in [-0.2, -0.15) is 0 Å². The molecular formula is C12H15NO. The largest absolute Gasteiger partial charge is 0.496 e. The molecule has 0 spiro atoms. The maximum atomic E-state index is 5.34. The number of ether oxygens (including phenoxy) is 1. The lowest BCUT2D eigenvalue weighted by atomic mass is 9.93. The van der Waals surface area contributed by atoms with Gasteiger partial charge in [0.2, 0.25) is 0 Å². The zero-order valence-electron chi connectivity index (χ0n) is 8.79. The van der Waals surface area contributed by atoms with Gasteiger partial charge in [0.1, 0.15) is 5.76 Å². The van der Waals surface area contributed by atoms with Gasteiger partial charge in [-0.15, -0.1) is 0 Å². The van der Waals surface area contributed by atoms with Gasteiger partial charge in [0, 0.05) is 22.2 Å². The van der Waals surface area contributed by atoms with Crippen molar-refractivity contribution in [2.45, 2.75) is 13.8 Å². The highest BCUT2D eigenvalue weighted by Gasteiger charge is 2.13. The third-order valence-corrected chi connectivity index (χ3v) is 2.44. The van der Waals surface area contributed by atoms with Crippen LogP contribution in [0.15, 0.2) is 24.4 Å². The van der Waals surface area contributed by atoms with E-state index < -0.39 is 0 Å². The summed E-state index contributed by atoms with van der Waals surface area (Å²) in [6.07, 6.45) is 8.34. The Morgan fingerprint density at radius 1 is 1.36 bits per heavy atom. The van der Waals surface area contributed by atoms with Crippen molar-refractivity contribution in [3.63, 3.8) is 0 Å². The molecule has 0 amide bonds. The molecule has 0 fully saturated rings. The zero-order chi connectivity index (χ0) is 10.2. The quantitative estimate of drug-likeness (QED) is 0.704. The third-order valence-electron chi connectivity index (χ3n) is 2.44. The smallest absolute Gasteiger partial charge is 0.127 e. The molecule has 0 saturated heterocycles. The van der Waals surface area contributed by atoms with Crippen LogP contribution in [0.2, 0.25) is 0 Å². The molecule has 1 aliphatic carbocycles. The van der Waals surface area contributed by atoms with E-state index in [1.165, 1.54) is 0 Å². The maximum absolute atomic E-state index is 5.34. The molecule has 1 heterocycles. The summed E-state index contributed by atoms with van der Waals surface area (Å²) in [6, 6.07) is 2.04. The van der Waals surface area contributed by atoms with Gasteiger partial charge < -0.3 is 9.72 Å². The van der Waals surface area contributed by atoms with Gasteiger partial charge in [-0.25, -0.2) is 0 Å². The molecule has 0 saturated carbocycles. The van der Waals surface area contributed by atoms with E-state index in [2.05, 4.69) is 31.0 Å². The second-order valence-electron chi connectivity index (χ2n) is 4.17. The van der Waals surface area contributed by atoms with E-state index >= 15 is 0 Å². The molecule has 0 radical (unpaired) electrons. The first kappa shape index (κ1) is 9.13. The Kier molecular flexibility index (Phi) is 1.99. The van der Waals surface area contributed by atoms with Crippen LogP contribution in [0.1, 0.15) is 13.8 Å². The number of rotatable bonds is 1. The Labute approximate surface area is 83.6 Å². The Hall–Kier alpha value is -1.44. The summed E-state index contributed by atoms with van der Waals surface area (Å²) >= 11 is 0. The monoisotopic (exact) mass is 189 g/mol. The predicted molar refractivity (Wildman–Crippen MR) is 57.8 cm³/mol. The van der Waals surface area contributed by atoms with E-state index in [0.29, 0.717) is 0 Å². The Balaban J connectivity index is 2.78. The fourth-order valence-corrected chi connectivity index (χ4v) is 1.69. The number of H-pyrrole nitrogens is 1. The molecule has 0 unspecified atom stereocenters. The van der Waals surface area contributed by atoms with Crippen LogP contribution in [0.25, 0.3) is 11.8 Å². The van der Waals surface area contributed by atoms with Crippen LogP contribution in [-0.2, 0) is 4.74 Å². The van der Waals surface area contributed by atoms with Crippen molar-refractivity contribution in [2.24, 2.45) is 5.41 Å². The van der Waals surface area contributed by atoms with Crippen molar-refractivity contribution in [3.8, 4) is 0 Å². The van der Waals surface area contributed by atoms with Gasteiger partial charge in [-0.3, -0.25) is 0 Å². The van der Waals surface area contributed by atoms with Gasteiger partial charge >= 0.3 is 0 Å². The first-order valence-corrected chi connectivity index (χ1v) is 4.76. The maximum Gasteiger partial charge on any atom is 0.127 e. The molecule has 2 heteroatoms. The summed E-state index contributed by atoms with van der Waals surface area (Å²) in [4.78, 5) is 3.22. The number of allylic oxidation sites excluding steroid dienone is 1. The third kappa shape index (κ3) is 1.48. The lowest BCUT2D eigenvalue weighted by Gasteiger charge is -2.12. The Bertz CT molecular complexity index is 477. The van der Waals surface area contributed by atoms with Crippen molar-refractivity contribution >= 4 is 11.8 Å². The van der Waals surface area contributed by atoms with Crippen LogP contribution in [0, 0.1) is 5.41 Å². The minimum Gasteiger partial charge on any atom is -0.496 e. The normalized spacial score (nSPS) is 18.4.